The molecule has 1 N–H and O–H groups in total. The Morgan fingerprint density at radius 3 is 2.14 bits per heavy atom. The number of amides is 1. The number of hydrogen-bond donors (Lipinski definition) is 1. The molecule has 0 spiro atoms. The van der Waals surface area contributed by atoms with E-state index < -0.39 is 38.4 Å². The Hall–Kier alpha value is -2.10. The fraction of sp³-hybridized carbons (Fsp3) is 0.316. The number of carbonyl (C=O) groups is 1. The van der Waals surface area contributed by atoms with Gasteiger partial charge in [0.2, 0.25) is 15.9 Å². The third-order valence-corrected chi connectivity index (χ3v) is 6.99. The second-order valence-electron chi connectivity index (χ2n) is 6.83. The van der Waals surface area contributed by atoms with E-state index in [2.05, 4.69) is 5.32 Å². The average molecular weight is 459 g/mol. The van der Waals surface area contributed by atoms with Gasteiger partial charge >= 0.3 is 0 Å². The molecule has 1 amide bonds. The maximum atomic E-state index is 12.5. The van der Waals surface area contributed by atoms with Crippen LogP contribution < -0.4 is 9.62 Å². The van der Waals surface area contributed by atoms with E-state index in [1.54, 1.807) is 38.1 Å². The highest BCUT2D eigenvalue weighted by molar-refractivity contribution is 7.92. The number of nitrogens with one attached hydrogen (secondary N) is 1. The van der Waals surface area contributed by atoms with Gasteiger partial charge in [-0.25, -0.2) is 16.8 Å². The van der Waals surface area contributed by atoms with Crippen LogP contribution in [0.25, 0.3) is 0 Å². The molecule has 2 aromatic carbocycles. The summed E-state index contributed by atoms with van der Waals surface area (Å²) in [5, 5.41) is 3.12. The van der Waals surface area contributed by atoms with E-state index in [0.29, 0.717) is 16.3 Å². The van der Waals surface area contributed by atoms with E-state index >= 15 is 0 Å². The van der Waals surface area contributed by atoms with Crippen LogP contribution >= 0.6 is 11.6 Å². The van der Waals surface area contributed by atoms with Crippen molar-refractivity contribution in [2.45, 2.75) is 24.8 Å². The van der Waals surface area contributed by atoms with Gasteiger partial charge in [0.25, 0.3) is 0 Å². The molecular weight excluding hydrogens is 436 g/mol. The van der Waals surface area contributed by atoms with Gasteiger partial charge in [-0.15, -0.1) is 0 Å². The Morgan fingerprint density at radius 1 is 1.07 bits per heavy atom. The van der Waals surface area contributed by atoms with Crippen LogP contribution in [0.4, 0.5) is 5.69 Å². The molecule has 7 nitrogen and oxygen atoms in total. The zero-order chi connectivity index (χ0) is 22.0. The van der Waals surface area contributed by atoms with E-state index in [-0.39, 0.29) is 4.90 Å². The molecule has 0 saturated carbocycles. The molecule has 0 aliphatic heterocycles. The number of nitrogens with zero attached hydrogens (tertiary/aromatic N) is 1. The fourth-order valence-corrected chi connectivity index (χ4v) is 4.30. The van der Waals surface area contributed by atoms with E-state index in [1.165, 1.54) is 18.2 Å². The molecule has 0 aromatic heterocycles. The van der Waals surface area contributed by atoms with Crippen molar-refractivity contribution < 1.29 is 21.6 Å². The van der Waals surface area contributed by atoms with Crippen LogP contribution in [-0.4, -0.2) is 41.8 Å². The number of aryl methyl sites for hydroxylation is 1. The van der Waals surface area contributed by atoms with Crippen molar-refractivity contribution in [3.8, 4) is 0 Å². The Morgan fingerprint density at radius 2 is 1.66 bits per heavy atom. The second kappa shape index (κ2) is 8.73. The lowest BCUT2D eigenvalue weighted by atomic mass is 10.1. The van der Waals surface area contributed by atoms with Crippen LogP contribution in [0.15, 0.2) is 47.4 Å². The van der Waals surface area contributed by atoms with Gasteiger partial charge in [-0.05, 0) is 49.2 Å². The van der Waals surface area contributed by atoms with Crippen molar-refractivity contribution in [3.05, 3.63) is 58.6 Å². The smallest absolute Gasteiger partial charge is 0.241 e. The first-order valence-electron chi connectivity index (χ1n) is 8.62. The zero-order valence-corrected chi connectivity index (χ0v) is 18.9. The summed E-state index contributed by atoms with van der Waals surface area (Å²) in [6.45, 7) is 3.10. The maximum Gasteiger partial charge on any atom is 0.241 e. The van der Waals surface area contributed by atoms with Gasteiger partial charge in [0.15, 0.2) is 9.84 Å². The summed E-state index contributed by atoms with van der Waals surface area (Å²) in [4.78, 5) is 12.7. The highest BCUT2D eigenvalue weighted by atomic mass is 35.5. The van der Waals surface area contributed by atoms with Gasteiger partial charge in [0.1, 0.15) is 6.54 Å². The topological polar surface area (TPSA) is 101 Å². The molecule has 0 fully saturated rings. The van der Waals surface area contributed by atoms with Crippen LogP contribution in [0.2, 0.25) is 5.02 Å². The Balaban J connectivity index is 2.16. The van der Waals surface area contributed by atoms with Crippen LogP contribution in [0, 0.1) is 6.92 Å². The first-order chi connectivity index (χ1) is 13.3. The normalized spacial score (nSPS) is 13.0. The molecule has 0 unspecified atom stereocenters. The van der Waals surface area contributed by atoms with Crippen LogP contribution in [-0.2, 0) is 24.7 Å². The van der Waals surface area contributed by atoms with Crippen molar-refractivity contribution in [2.75, 3.05) is 23.4 Å². The predicted octanol–water partition coefficient (Wildman–Crippen LogP) is 2.70. The summed E-state index contributed by atoms with van der Waals surface area (Å²) in [5.74, 6) is -0.508. The first-order valence-corrected chi connectivity index (χ1v) is 12.7. The van der Waals surface area contributed by atoms with Crippen LogP contribution in [0.5, 0.6) is 0 Å². The lowest BCUT2D eigenvalue weighted by molar-refractivity contribution is -0.120. The number of benzene rings is 2. The Kier molecular flexibility index (Phi) is 6.97. The molecule has 0 saturated heterocycles. The summed E-state index contributed by atoms with van der Waals surface area (Å²) < 4.78 is 48.5. The van der Waals surface area contributed by atoms with Crippen LogP contribution in [0.1, 0.15) is 24.1 Å². The summed E-state index contributed by atoms with van der Waals surface area (Å²) >= 11 is 6.09. The van der Waals surface area contributed by atoms with Crippen molar-refractivity contribution in [3.63, 3.8) is 0 Å². The third-order valence-electron chi connectivity index (χ3n) is 4.32. The van der Waals surface area contributed by atoms with Crippen molar-refractivity contribution in [2.24, 2.45) is 0 Å². The summed E-state index contributed by atoms with van der Waals surface area (Å²) in [6, 6.07) is 10.5. The maximum absolute atomic E-state index is 12.5. The van der Waals surface area contributed by atoms with Gasteiger partial charge in [0.05, 0.1) is 22.9 Å². The molecule has 0 bridgehead atoms. The first kappa shape index (κ1) is 23.2. The molecule has 29 heavy (non-hydrogen) atoms. The largest absolute Gasteiger partial charge is 0.348 e. The quantitative estimate of drug-likeness (QED) is 0.687. The predicted molar refractivity (Wildman–Crippen MR) is 114 cm³/mol. The molecule has 0 radical (unpaired) electrons. The average Bonchev–Trinajstić information content (AvgIpc) is 2.60. The van der Waals surface area contributed by atoms with Gasteiger partial charge in [0, 0.05) is 11.3 Å². The Bertz CT molecular complexity index is 1110. The molecular formula is C19H23ClN2O5S2. The van der Waals surface area contributed by atoms with Gasteiger partial charge < -0.3 is 5.32 Å². The standard InChI is InChI=1S/C19H23ClN2O5S2/c1-13-5-8-16(11-18(13)20)22(29(4,26)27)12-19(23)21-14(2)15-6-9-17(10-7-15)28(3,24)25/h5-11,14H,12H2,1-4H3,(H,21,23)/t14-/m0/s1. The number of halogens is 1. The molecule has 0 heterocycles. The summed E-state index contributed by atoms with van der Waals surface area (Å²) in [5.41, 5.74) is 1.78. The van der Waals surface area contributed by atoms with E-state index in [4.69, 9.17) is 11.6 Å². The van der Waals surface area contributed by atoms with E-state index in [9.17, 15) is 21.6 Å². The van der Waals surface area contributed by atoms with Gasteiger partial charge in [-0.1, -0.05) is 29.8 Å². The number of anilines is 1. The number of sulfone groups is 1. The third kappa shape index (κ3) is 6.19. The highest BCUT2D eigenvalue weighted by Crippen LogP contribution is 2.25. The molecule has 2 aromatic rings. The molecule has 2 rings (SSSR count). The number of hydrogen-bond acceptors (Lipinski definition) is 5. The zero-order valence-electron chi connectivity index (χ0n) is 16.5. The minimum absolute atomic E-state index is 0.180. The minimum Gasteiger partial charge on any atom is -0.348 e. The molecule has 1 atom stereocenters. The molecule has 158 valence electrons. The van der Waals surface area contributed by atoms with E-state index in [1.807, 2.05) is 0 Å². The van der Waals surface area contributed by atoms with Crippen molar-refractivity contribution in [1.29, 1.82) is 0 Å². The van der Waals surface area contributed by atoms with Gasteiger partial charge in [-0.3, -0.25) is 9.10 Å². The van der Waals surface area contributed by atoms with Gasteiger partial charge in [-0.2, -0.15) is 0 Å². The lowest BCUT2D eigenvalue weighted by Gasteiger charge is -2.23. The minimum atomic E-state index is -3.72. The molecule has 0 aliphatic rings. The number of rotatable bonds is 7. The number of carbonyl (C=O) groups excluding carboxylic acids is 1. The van der Waals surface area contributed by atoms with Crippen LogP contribution in [0.3, 0.4) is 0 Å². The SMILES string of the molecule is Cc1ccc(N(CC(=O)N[C@@H](C)c2ccc(S(C)(=O)=O)cc2)S(C)(=O)=O)cc1Cl. The monoisotopic (exact) mass is 458 g/mol. The summed E-state index contributed by atoms with van der Waals surface area (Å²) in [7, 11) is -7.03. The lowest BCUT2D eigenvalue weighted by Crippen LogP contribution is -2.41. The van der Waals surface area contributed by atoms with Crippen molar-refractivity contribution >= 4 is 43.1 Å². The number of sulfonamides is 1. The fourth-order valence-electron chi connectivity index (χ4n) is 2.64. The Labute approximate surface area is 176 Å². The van der Waals surface area contributed by atoms with E-state index in [0.717, 1.165) is 22.4 Å². The molecule has 0 aliphatic carbocycles. The second-order valence-corrected chi connectivity index (χ2v) is 11.2. The molecule has 10 heteroatoms. The highest BCUT2D eigenvalue weighted by Gasteiger charge is 2.22. The summed E-state index contributed by atoms with van der Waals surface area (Å²) in [6.07, 6.45) is 2.13. The van der Waals surface area contributed by atoms with Crippen molar-refractivity contribution in [1.82, 2.24) is 5.32 Å².